The number of methoxy groups -OCH3 is 2. The van der Waals surface area contributed by atoms with Gasteiger partial charge in [-0.1, -0.05) is 24.6 Å². The maximum atomic E-state index is 11.6. The summed E-state index contributed by atoms with van der Waals surface area (Å²) in [5, 5.41) is 5.65. The molecule has 0 saturated heterocycles. The summed E-state index contributed by atoms with van der Waals surface area (Å²) >= 11 is 5.97. The summed E-state index contributed by atoms with van der Waals surface area (Å²) in [6.45, 7) is 1.98. The Morgan fingerprint density at radius 1 is 1.32 bits per heavy atom. The quantitative estimate of drug-likeness (QED) is 0.871. The summed E-state index contributed by atoms with van der Waals surface area (Å²) in [4.78, 5) is 11.6. The fraction of sp³-hybridized carbons (Fsp3) is 0.308. The number of benzene rings is 1. The van der Waals surface area contributed by atoms with E-state index in [4.69, 9.17) is 21.1 Å². The number of carbonyl (C=O) groups excluding carboxylic acids is 1. The predicted octanol–water partition coefficient (Wildman–Crippen LogP) is 3.40. The van der Waals surface area contributed by atoms with Crippen LogP contribution in [0.3, 0.4) is 0 Å². The molecule has 104 valence electrons. The molecule has 0 spiro atoms. The van der Waals surface area contributed by atoms with Gasteiger partial charge in [0, 0.05) is 18.3 Å². The highest BCUT2D eigenvalue weighted by Gasteiger charge is 2.11. The summed E-state index contributed by atoms with van der Waals surface area (Å²) in [7, 11) is 3.00. The summed E-state index contributed by atoms with van der Waals surface area (Å²) in [5.41, 5.74) is 0.478. The lowest BCUT2D eigenvalue weighted by Crippen LogP contribution is -2.24. The SMILES string of the molecule is CC/C=C/NC(=O)Nc1cc(OC)c(Cl)cc1OC. The first kappa shape index (κ1) is 15.2. The van der Waals surface area contributed by atoms with E-state index in [1.165, 1.54) is 14.2 Å². The smallest absolute Gasteiger partial charge is 0.323 e. The van der Waals surface area contributed by atoms with Crippen LogP contribution in [0.5, 0.6) is 11.5 Å². The molecule has 0 aliphatic carbocycles. The largest absolute Gasteiger partial charge is 0.495 e. The number of allylic oxidation sites excluding steroid dienone is 1. The number of anilines is 1. The Kier molecular flexibility index (Phi) is 6.02. The number of urea groups is 1. The first-order valence-electron chi connectivity index (χ1n) is 5.76. The van der Waals surface area contributed by atoms with Crippen LogP contribution in [-0.2, 0) is 0 Å². The van der Waals surface area contributed by atoms with Crippen molar-refractivity contribution < 1.29 is 14.3 Å². The lowest BCUT2D eigenvalue weighted by molar-refractivity contribution is 0.255. The summed E-state index contributed by atoms with van der Waals surface area (Å²) in [6, 6.07) is 2.81. The standard InChI is InChI=1S/C13H17ClN2O3/c1-4-5-6-15-13(17)16-10-8-11(18-2)9(14)7-12(10)19-3/h5-8H,4H2,1-3H3,(H2,15,16,17)/b6-5+. The van der Waals surface area contributed by atoms with Crippen LogP contribution in [0.4, 0.5) is 10.5 Å². The number of hydrogen-bond acceptors (Lipinski definition) is 3. The lowest BCUT2D eigenvalue weighted by atomic mass is 10.2. The topological polar surface area (TPSA) is 59.6 Å². The van der Waals surface area contributed by atoms with Crippen LogP contribution in [0.1, 0.15) is 13.3 Å². The van der Waals surface area contributed by atoms with E-state index in [1.807, 2.05) is 13.0 Å². The highest BCUT2D eigenvalue weighted by molar-refractivity contribution is 6.32. The van der Waals surface area contributed by atoms with Gasteiger partial charge >= 0.3 is 6.03 Å². The molecule has 2 amide bonds. The van der Waals surface area contributed by atoms with Crippen molar-refractivity contribution in [3.63, 3.8) is 0 Å². The molecular formula is C13H17ClN2O3. The fourth-order valence-electron chi connectivity index (χ4n) is 1.37. The van der Waals surface area contributed by atoms with Crippen LogP contribution in [-0.4, -0.2) is 20.3 Å². The molecule has 19 heavy (non-hydrogen) atoms. The van der Waals surface area contributed by atoms with E-state index >= 15 is 0 Å². The average molecular weight is 285 g/mol. The normalized spacial score (nSPS) is 10.3. The van der Waals surface area contributed by atoms with Crippen molar-refractivity contribution in [3.8, 4) is 11.5 Å². The van der Waals surface area contributed by atoms with Gasteiger partial charge in [0.1, 0.15) is 11.5 Å². The second-order valence-electron chi connectivity index (χ2n) is 3.60. The number of halogens is 1. The van der Waals surface area contributed by atoms with Crippen molar-refractivity contribution in [1.82, 2.24) is 5.32 Å². The molecule has 0 aliphatic heterocycles. The van der Waals surface area contributed by atoms with Crippen LogP contribution < -0.4 is 20.1 Å². The molecule has 0 radical (unpaired) electrons. The molecule has 6 heteroatoms. The Labute approximate surface area is 117 Å². The van der Waals surface area contributed by atoms with Crippen LogP contribution in [0.2, 0.25) is 5.02 Å². The van der Waals surface area contributed by atoms with Crippen molar-refractivity contribution in [2.45, 2.75) is 13.3 Å². The van der Waals surface area contributed by atoms with E-state index < -0.39 is 0 Å². The minimum atomic E-state index is -0.368. The van der Waals surface area contributed by atoms with Gasteiger partial charge in [-0.15, -0.1) is 0 Å². The second-order valence-corrected chi connectivity index (χ2v) is 4.00. The van der Waals surface area contributed by atoms with E-state index in [2.05, 4.69) is 10.6 Å². The number of carbonyl (C=O) groups is 1. The highest BCUT2D eigenvalue weighted by atomic mass is 35.5. The Bertz CT molecular complexity index is 475. The first-order valence-corrected chi connectivity index (χ1v) is 6.14. The molecule has 1 aromatic carbocycles. The van der Waals surface area contributed by atoms with E-state index in [0.29, 0.717) is 22.2 Å². The third kappa shape index (κ3) is 4.37. The summed E-state index contributed by atoms with van der Waals surface area (Å²) in [6.07, 6.45) is 4.26. The minimum Gasteiger partial charge on any atom is -0.495 e. The molecule has 1 rings (SSSR count). The Balaban J connectivity index is 2.86. The van der Waals surface area contributed by atoms with Crippen LogP contribution in [0, 0.1) is 0 Å². The van der Waals surface area contributed by atoms with Crippen LogP contribution in [0.25, 0.3) is 0 Å². The maximum absolute atomic E-state index is 11.6. The highest BCUT2D eigenvalue weighted by Crippen LogP contribution is 2.35. The average Bonchev–Trinajstić information content (AvgIpc) is 2.40. The van der Waals surface area contributed by atoms with Gasteiger partial charge in [0.15, 0.2) is 0 Å². The van der Waals surface area contributed by atoms with Gasteiger partial charge in [0.05, 0.1) is 24.9 Å². The minimum absolute atomic E-state index is 0.368. The van der Waals surface area contributed by atoms with Crippen LogP contribution >= 0.6 is 11.6 Å². The number of ether oxygens (including phenoxy) is 2. The Morgan fingerprint density at radius 3 is 2.58 bits per heavy atom. The zero-order valence-electron chi connectivity index (χ0n) is 11.1. The van der Waals surface area contributed by atoms with E-state index in [0.717, 1.165) is 6.42 Å². The second kappa shape index (κ2) is 7.53. The van der Waals surface area contributed by atoms with Crippen molar-refractivity contribution in [1.29, 1.82) is 0 Å². The van der Waals surface area contributed by atoms with E-state index in [9.17, 15) is 4.79 Å². The molecule has 1 aromatic rings. The van der Waals surface area contributed by atoms with Gasteiger partial charge in [-0.2, -0.15) is 0 Å². The summed E-state index contributed by atoms with van der Waals surface area (Å²) < 4.78 is 10.2. The monoisotopic (exact) mass is 284 g/mol. The van der Waals surface area contributed by atoms with Gasteiger partial charge < -0.3 is 20.1 Å². The third-order valence-corrected chi connectivity index (χ3v) is 2.59. The van der Waals surface area contributed by atoms with Gasteiger partial charge in [0.25, 0.3) is 0 Å². The molecule has 0 fully saturated rings. The maximum Gasteiger partial charge on any atom is 0.323 e. The number of nitrogens with one attached hydrogen (secondary N) is 2. The Hall–Kier alpha value is -1.88. The molecular weight excluding hydrogens is 268 g/mol. The molecule has 0 aromatic heterocycles. The predicted molar refractivity (Wildman–Crippen MR) is 76.1 cm³/mol. The summed E-state index contributed by atoms with van der Waals surface area (Å²) in [5.74, 6) is 0.919. The van der Waals surface area contributed by atoms with Gasteiger partial charge in [-0.25, -0.2) is 4.79 Å². The molecule has 5 nitrogen and oxygen atoms in total. The van der Waals surface area contributed by atoms with Gasteiger partial charge in [-0.3, -0.25) is 0 Å². The number of amides is 2. The lowest BCUT2D eigenvalue weighted by Gasteiger charge is -2.12. The van der Waals surface area contributed by atoms with Crippen molar-refractivity contribution >= 4 is 23.3 Å². The van der Waals surface area contributed by atoms with E-state index in [-0.39, 0.29) is 6.03 Å². The molecule has 0 saturated carbocycles. The third-order valence-electron chi connectivity index (χ3n) is 2.29. The van der Waals surface area contributed by atoms with Crippen molar-refractivity contribution in [3.05, 3.63) is 29.4 Å². The van der Waals surface area contributed by atoms with Crippen molar-refractivity contribution in [2.24, 2.45) is 0 Å². The number of hydrogen-bond donors (Lipinski definition) is 2. The fourth-order valence-corrected chi connectivity index (χ4v) is 1.60. The molecule has 0 atom stereocenters. The molecule has 2 N–H and O–H groups in total. The molecule has 0 bridgehead atoms. The van der Waals surface area contributed by atoms with Gasteiger partial charge in [0.2, 0.25) is 0 Å². The first-order chi connectivity index (χ1) is 9.12. The molecule has 0 heterocycles. The Morgan fingerprint density at radius 2 is 2.00 bits per heavy atom. The molecule has 0 aliphatic rings. The van der Waals surface area contributed by atoms with Gasteiger partial charge in [-0.05, 0) is 6.42 Å². The molecule has 0 unspecified atom stereocenters. The van der Waals surface area contributed by atoms with Crippen LogP contribution in [0.15, 0.2) is 24.4 Å². The zero-order chi connectivity index (χ0) is 14.3. The number of rotatable bonds is 5. The van der Waals surface area contributed by atoms with Crippen molar-refractivity contribution in [2.75, 3.05) is 19.5 Å². The zero-order valence-corrected chi connectivity index (χ0v) is 11.9. The van der Waals surface area contributed by atoms with E-state index in [1.54, 1.807) is 18.3 Å².